The fourth-order valence-corrected chi connectivity index (χ4v) is 1.06. The number of benzene rings is 1. The summed E-state index contributed by atoms with van der Waals surface area (Å²) in [4.78, 5) is 11.4. The average Bonchev–Trinajstić information content (AvgIpc) is 2.17. The zero-order valence-electron chi connectivity index (χ0n) is 9.05. The van der Waals surface area contributed by atoms with Crippen LogP contribution >= 0.6 is 0 Å². The Balaban J connectivity index is 2.77. The lowest BCUT2D eigenvalue weighted by Crippen LogP contribution is -2.38. The predicted octanol–water partition coefficient (Wildman–Crippen LogP) is 1.47. The second-order valence-electron chi connectivity index (χ2n) is 4.12. The molecule has 3 nitrogen and oxygen atoms in total. The van der Waals surface area contributed by atoms with Crippen LogP contribution in [0.4, 0.5) is 8.78 Å². The molecule has 0 fully saturated rings. The number of carbonyl (C=O) groups is 1. The maximum absolute atomic E-state index is 13.1. The van der Waals surface area contributed by atoms with E-state index in [-0.39, 0.29) is 12.1 Å². The van der Waals surface area contributed by atoms with E-state index in [0.717, 1.165) is 18.2 Å². The molecule has 0 aliphatic heterocycles. The lowest BCUT2D eigenvalue weighted by atomic mass is 10.1. The van der Waals surface area contributed by atoms with Crippen molar-refractivity contribution in [1.82, 2.24) is 5.32 Å². The fourth-order valence-electron chi connectivity index (χ4n) is 1.06. The number of amides is 1. The zero-order valence-corrected chi connectivity index (χ0v) is 9.05. The summed E-state index contributed by atoms with van der Waals surface area (Å²) in [5, 5.41) is 11.7. The lowest BCUT2D eigenvalue weighted by molar-refractivity contribution is 0.0692. The lowest BCUT2D eigenvalue weighted by Gasteiger charge is -2.17. The predicted molar refractivity (Wildman–Crippen MR) is 55.0 cm³/mol. The molecule has 88 valence electrons. The number of rotatable bonds is 3. The number of aliphatic hydroxyl groups is 1. The van der Waals surface area contributed by atoms with Crippen LogP contribution in [0.15, 0.2) is 18.2 Å². The Labute approximate surface area is 92.1 Å². The zero-order chi connectivity index (χ0) is 12.3. The molecule has 0 radical (unpaired) electrons. The summed E-state index contributed by atoms with van der Waals surface area (Å²) in [6.07, 6.45) is 0. The Morgan fingerprint density at radius 1 is 1.44 bits per heavy atom. The minimum Gasteiger partial charge on any atom is -0.389 e. The van der Waals surface area contributed by atoms with Crippen LogP contribution in [0, 0.1) is 11.6 Å². The van der Waals surface area contributed by atoms with Crippen LogP contribution in [-0.4, -0.2) is 23.2 Å². The second kappa shape index (κ2) is 4.57. The summed E-state index contributed by atoms with van der Waals surface area (Å²) in [5.41, 5.74) is -1.47. The van der Waals surface area contributed by atoms with Crippen LogP contribution in [0.25, 0.3) is 0 Å². The van der Waals surface area contributed by atoms with E-state index in [1.165, 1.54) is 13.8 Å². The maximum Gasteiger partial charge on any atom is 0.254 e. The van der Waals surface area contributed by atoms with Gasteiger partial charge in [-0.25, -0.2) is 8.78 Å². The van der Waals surface area contributed by atoms with E-state index >= 15 is 0 Å². The van der Waals surface area contributed by atoms with Crippen LogP contribution in [0.3, 0.4) is 0 Å². The minimum absolute atomic E-state index is 0.0399. The van der Waals surface area contributed by atoms with E-state index in [9.17, 15) is 18.7 Å². The molecule has 0 aliphatic carbocycles. The van der Waals surface area contributed by atoms with Gasteiger partial charge in [-0.1, -0.05) is 0 Å². The third kappa shape index (κ3) is 3.58. The fraction of sp³-hybridized carbons (Fsp3) is 0.364. The van der Waals surface area contributed by atoms with Gasteiger partial charge in [0.25, 0.3) is 5.91 Å². The van der Waals surface area contributed by atoms with Crippen molar-refractivity contribution < 1.29 is 18.7 Å². The Hall–Kier alpha value is -1.49. The quantitative estimate of drug-likeness (QED) is 0.824. The van der Waals surface area contributed by atoms with Gasteiger partial charge in [0.2, 0.25) is 0 Å². The molecule has 1 aromatic rings. The molecule has 16 heavy (non-hydrogen) atoms. The first kappa shape index (κ1) is 12.6. The summed E-state index contributed by atoms with van der Waals surface area (Å²) in [6.45, 7) is 2.95. The summed E-state index contributed by atoms with van der Waals surface area (Å²) < 4.78 is 25.9. The van der Waals surface area contributed by atoms with Gasteiger partial charge in [0.05, 0.1) is 11.2 Å². The molecule has 1 amide bonds. The topological polar surface area (TPSA) is 49.3 Å². The summed E-state index contributed by atoms with van der Waals surface area (Å²) in [5.74, 6) is -2.23. The maximum atomic E-state index is 13.1. The minimum atomic E-state index is -1.10. The molecule has 0 atom stereocenters. The van der Waals surface area contributed by atoms with Crippen molar-refractivity contribution in [3.05, 3.63) is 35.4 Å². The number of carbonyl (C=O) groups excluding carboxylic acids is 1. The molecule has 0 aliphatic rings. The molecule has 0 heterocycles. The number of hydrogen-bond donors (Lipinski definition) is 2. The van der Waals surface area contributed by atoms with Gasteiger partial charge in [-0.2, -0.15) is 0 Å². The van der Waals surface area contributed by atoms with Gasteiger partial charge in [0.15, 0.2) is 0 Å². The Kier molecular flexibility index (Phi) is 3.59. The van der Waals surface area contributed by atoms with E-state index in [4.69, 9.17) is 0 Å². The first-order valence-corrected chi connectivity index (χ1v) is 4.75. The van der Waals surface area contributed by atoms with Crippen molar-refractivity contribution in [1.29, 1.82) is 0 Å². The highest BCUT2D eigenvalue weighted by Crippen LogP contribution is 2.09. The van der Waals surface area contributed by atoms with E-state index in [0.29, 0.717) is 0 Å². The van der Waals surface area contributed by atoms with Crippen LogP contribution in [0.5, 0.6) is 0 Å². The average molecular weight is 229 g/mol. The van der Waals surface area contributed by atoms with E-state index < -0.39 is 23.1 Å². The number of hydrogen-bond acceptors (Lipinski definition) is 2. The Bertz CT molecular complexity index is 399. The highest BCUT2D eigenvalue weighted by atomic mass is 19.1. The van der Waals surface area contributed by atoms with E-state index in [2.05, 4.69) is 5.32 Å². The van der Waals surface area contributed by atoms with Crippen LogP contribution in [-0.2, 0) is 0 Å². The standard InChI is InChI=1S/C11H13F2NO2/c1-11(2,16)6-14-10(15)8-5-7(12)3-4-9(8)13/h3-5,16H,6H2,1-2H3,(H,14,15). The first-order valence-electron chi connectivity index (χ1n) is 4.75. The molecule has 0 unspecified atom stereocenters. The second-order valence-corrected chi connectivity index (χ2v) is 4.12. The molecule has 0 bridgehead atoms. The van der Waals surface area contributed by atoms with Gasteiger partial charge in [-0.15, -0.1) is 0 Å². The highest BCUT2D eigenvalue weighted by molar-refractivity contribution is 5.94. The van der Waals surface area contributed by atoms with Crippen molar-refractivity contribution >= 4 is 5.91 Å². The monoisotopic (exact) mass is 229 g/mol. The number of halogens is 2. The number of nitrogens with one attached hydrogen (secondary N) is 1. The Morgan fingerprint density at radius 3 is 2.62 bits per heavy atom. The van der Waals surface area contributed by atoms with Crippen molar-refractivity contribution in [2.45, 2.75) is 19.4 Å². The summed E-state index contributed by atoms with van der Waals surface area (Å²) in [6, 6.07) is 2.63. The Morgan fingerprint density at radius 2 is 2.06 bits per heavy atom. The molecule has 0 aromatic heterocycles. The van der Waals surface area contributed by atoms with Crippen molar-refractivity contribution in [3.8, 4) is 0 Å². The molecule has 2 N–H and O–H groups in total. The molecule has 5 heteroatoms. The molecule has 1 aromatic carbocycles. The molecule has 0 saturated heterocycles. The van der Waals surface area contributed by atoms with Crippen molar-refractivity contribution in [3.63, 3.8) is 0 Å². The van der Waals surface area contributed by atoms with Crippen LogP contribution in [0.1, 0.15) is 24.2 Å². The van der Waals surface area contributed by atoms with Gasteiger partial charge in [0, 0.05) is 6.54 Å². The molecular formula is C11H13F2NO2. The van der Waals surface area contributed by atoms with Crippen LogP contribution < -0.4 is 5.32 Å². The van der Waals surface area contributed by atoms with Gasteiger partial charge < -0.3 is 10.4 Å². The van der Waals surface area contributed by atoms with E-state index in [1.807, 2.05) is 0 Å². The normalized spacial score (nSPS) is 11.3. The van der Waals surface area contributed by atoms with Gasteiger partial charge in [-0.3, -0.25) is 4.79 Å². The molecular weight excluding hydrogens is 216 g/mol. The largest absolute Gasteiger partial charge is 0.389 e. The third-order valence-electron chi connectivity index (χ3n) is 1.85. The van der Waals surface area contributed by atoms with Gasteiger partial charge >= 0.3 is 0 Å². The van der Waals surface area contributed by atoms with Crippen LogP contribution in [0.2, 0.25) is 0 Å². The summed E-state index contributed by atoms with van der Waals surface area (Å²) >= 11 is 0. The van der Waals surface area contributed by atoms with Crippen molar-refractivity contribution in [2.24, 2.45) is 0 Å². The van der Waals surface area contributed by atoms with E-state index in [1.54, 1.807) is 0 Å². The van der Waals surface area contributed by atoms with Gasteiger partial charge in [-0.05, 0) is 32.0 Å². The smallest absolute Gasteiger partial charge is 0.254 e. The first-order chi connectivity index (χ1) is 7.29. The van der Waals surface area contributed by atoms with Gasteiger partial charge in [0.1, 0.15) is 11.6 Å². The molecule has 1 rings (SSSR count). The molecule has 0 saturated carbocycles. The summed E-state index contributed by atoms with van der Waals surface area (Å²) in [7, 11) is 0. The SMILES string of the molecule is CC(C)(O)CNC(=O)c1cc(F)ccc1F. The molecule has 0 spiro atoms. The van der Waals surface area contributed by atoms with Crippen molar-refractivity contribution in [2.75, 3.05) is 6.54 Å². The highest BCUT2D eigenvalue weighted by Gasteiger charge is 2.17. The third-order valence-corrected chi connectivity index (χ3v) is 1.85.